The Morgan fingerprint density at radius 1 is 1.53 bits per heavy atom. The molecule has 0 fully saturated rings. The van der Waals surface area contributed by atoms with E-state index in [0.717, 1.165) is 17.2 Å². The number of H-pyrrole nitrogens is 1. The van der Waals surface area contributed by atoms with Crippen LogP contribution in [-0.2, 0) is 0 Å². The molecule has 7 heteroatoms. The van der Waals surface area contributed by atoms with Crippen LogP contribution in [0.4, 0.5) is 10.8 Å². The molecule has 2 aromatic heterocycles. The Labute approximate surface area is 116 Å². The molecule has 0 aliphatic heterocycles. The van der Waals surface area contributed by atoms with Gasteiger partial charge >= 0.3 is 0 Å². The predicted molar refractivity (Wildman–Crippen MR) is 77.5 cm³/mol. The van der Waals surface area contributed by atoms with E-state index in [1.54, 1.807) is 6.20 Å². The molecular weight excluding hydrogens is 262 g/mol. The SMILES string of the molecule is CCC(Nc1snc(N)c1OC(C)C)c1ncc[nH]1. The number of ether oxygens (including phenoxy) is 1. The normalized spacial score (nSPS) is 12.6. The van der Waals surface area contributed by atoms with E-state index in [1.165, 1.54) is 11.5 Å². The first kappa shape index (κ1) is 13.7. The van der Waals surface area contributed by atoms with Gasteiger partial charge in [-0.15, -0.1) is 0 Å². The third kappa shape index (κ3) is 3.17. The molecule has 0 aromatic carbocycles. The van der Waals surface area contributed by atoms with Gasteiger partial charge in [0.25, 0.3) is 0 Å². The van der Waals surface area contributed by atoms with Gasteiger partial charge in [-0.1, -0.05) is 6.92 Å². The molecule has 1 atom stereocenters. The molecule has 19 heavy (non-hydrogen) atoms. The zero-order chi connectivity index (χ0) is 13.8. The Hall–Kier alpha value is -1.76. The van der Waals surface area contributed by atoms with Crippen LogP contribution in [0.5, 0.6) is 5.75 Å². The van der Waals surface area contributed by atoms with Crippen LogP contribution < -0.4 is 15.8 Å². The van der Waals surface area contributed by atoms with Crippen molar-refractivity contribution in [2.24, 2.45) is 0 Å². The first-order valence-corrected chi connectivity index (χ1v) is 7.06. The number of imidazole rings is 1. The number of nitrogens with one attached hydrogen (secondary N) is 2. The molecular formula is C12H19N5OS. The van der Waals surface area contributed by atoms with E-state index in [-0.39, 0.29) is 12.1 Å². The second-order valence-corrected chi connectivity index (χ2v) is 5.25. The third-order valence-electron chi connectivity index (χ3n) is 2.59. The summed E-state index contributed by atoms with van der Waals surface area (Å²) >= 11 is 1.31. The van der Waals surface area contributed by atoms with Gasteiger partial charge in [0.15, 0.2) is 16.6 Å². The van der Waals surface area contributed by atoms with Gasteiger partial charge in [-0.05, 0) is 31.8 Å². The van der Waals surface area contributed by atoms with Crippen molar-refractivity contribution in [3.05, 3.63) is 18.2 Å². The number of aromatic nitrogens is 3. The maximum atomic E-state index is 5.84. The summed E-state index contributed by atoms with van der Waals surface area (Å²) in [5.41, 5.74) is 5.84. The van der Waals surface area contributed by atoms with Crippen LogP contribution >= 0.6 is 11.5 Å². The van der Waals surface area contributed by atoms with Gasteiger partial charge in [0.1, 0.15) is 5.82 Å². The van der Waals surface area contributed by atoms with E-state index in [9.17, 15) is 0 Å². The molecule has 0 saturated heterocycles. The lowest BCUT2D eigenvalue weighted by Gasteiger charge is -2.17. The highest BCUT2D eigenvalue weighted by Gasteiger charge is 2.19. The van der Waals surface area contributed by atoms with Gasteiger partial charge in [0, 0.05) is 12.4 Å². The molecule has 104 valence electrons. The molecule has 6 nitrogen and oxygen atoms in total. The van der Waals surface area contributed by atoms with E-state index in [4.69, 9.17) is 10.5 Å². The van der Waals surface area contributed by atoms with Crippen molar-refractivity contribution < 1.29 is 4.74 Å². The monoisotopic (exact) mass is 281 g/mol. The molecule has 0 aliphatic carbocycles. The molecule has 0 saturated carbocycles. The summed E-state index contributed by atoms with van der Waals surface area (Å²) in [5.74, 6) is 1.95. The lowest BCUT2D eigenvalue weighted by molar-refractivity contribution is 0.245. The number of aromatic amines is 1. The molecule has 0 aliphatic rings. The van der Waals surface area contributed by atoms with Crippen LogP contribution in [0.25, 0.3) is 0 Å². The maximum absolute atomic E-state index is 5.84. The first-order valence-electron chi connectivity index (χ1n) is 6.29. The fourth-order valence-corrected chi connectivity index (χ4v) is 2.43. The largest absolute Gasteiger partial charge is 0.484 e. The van der Waals surface area contributed by atoms with Gasteiger partial charge < -0.3 is 20.8 Å². The van der Waals surface area contributed by atoms with Crippen molar-refractivity contribution in [1.82, 2.24) is 14.3 Å². The van der Waals surface area contributed by atoms with Crippen molar-refractivity contribution in [2.45, 2.75) is 39.3 Å². The minimum atomic E-state index is 0.0583. The lowest BCUT2D eigenvalue weighted by Crippen LogP contribution is -2.13. The molecule has 0 spiro atoms. The van der Waals surface area contributed by atoms with E-state index in [1.807, 2.05) is 20.0 Å². The van der Waals surface area contributed by atoms with Crippen LogP contribution in [-0.4, -0.2) is 20.4 Å². The van der Waals surface area contributed by atoms with Gasteiger partial charge in [-0.3, -0.25) is 0 Å². The third-order valence-corrected chi connectivity index (χ3v) is 3.36. The number of nitrogen functional groups attached to an aromatic ring is 1. The number of hydrogen-bond donors (Lipinski definition) is 3. The zero-order valence-corrected chi connectivity index (χ0v) is 12.1. The Bertz CT molecular complexity index is 508. The molecule has 0 radical (unpaired) electrons. The molecule has 2 aromatic rings. The molecule has 0 bridgehead atoms. The van der Waals surface area contributed by atoms with Crippen LogP contribution in [0.1, 0.15) is 39.1 Å². The minimum Gasteiger partial charge on any atom is -0.484 e. The number of nitrogens with zero attached hydrogens (tertiary/aromatic N) is 2. The summed E-state index contributed by atoms with van der Waals surface area (Å²) in [6.07, 6.45) is 4.51. The first-order chi connectivity index (χ1) is 9.11. The van der Waals surface area contributed by atoms with Crippen molar-refractivity contribution in [1.29, 1.82) is 0 Å². The Balaban J connectivity index is 2.18. The number of anilines is 2. The van der Waals surface area contributed by atoms with E-state index in [0.29, 0.717) is 11.6 Å². The van der Waals surface area contributed by atoms with Crippen LogP contribution in [0.3, 0.4) is 0 Å². The smallest absolute Gasteiger partial charge is 0.197 e. The second-order valence-electron chi connectivity index (χ2n) is 4.47. The number of nitrogens with two attached hydrogens (primary N) is 1. The van der Waals surface area contributed by atoms with Gasteiger partial charge in [0.05, 0.1) is 12.1 Å². The van der Waals surface area contributed by atoms with Crippen LogP contribution in [0.15, 0.2) is 12.4 Å². The summed E-state index contributed by atoms with van der Waals surface area (Å²) in [5, 5.41) is 4.23. The highest BCUT2D eigenvalue weighted by atomic mass is 32.1. The predicted octanol–water partition coefficient (Wildman–Crippen LogP) is 2.80. The standard InChI is InChI=1S/C12H19N5OS/c1-4-8(11-14-5-6-15-11)16-12-9(18-7(2)3)10(13)17-19-12/h5-8,16H,4H2,1-3H3,(H2,13,17)(H,14,15). The zero-order valence-electron chi connectivity index (χ0n) is 11.3. The number of hydrogen-bond acceptors (Lipinski definition) is 6. The summed E-state index contributed by atoms with van der Waals surface area (Å²) in [6, 6.07) is 0.0874. The van der Waals surface area contributed by atoms with Crippen molar-refractivity contribution in [2.75, 3.05) is 11.1 Å². The van der Waals surface area contributed by atoms with E-state index in [2.05, 4.69) is 26.6 Å². The Kier molecular flexibility index (Phi) is 4.26. The summed E-state index contributed by atoms with van der Waals surface area (Å²) in [6.45, 7) is 6.02. The Morgan fingerprint density at radius 2 is 2.32 bits per heavy atom. The quantitative estimate of drug-likeness (QED) is 0.757. The van der Waals surface area contributed by atoms with E-state index < -0.39 is 0 Å². The van der Waals surface area contributed by atoms with Crippen molar-refractivity contribution >= 4 is 22.4 Å². The average Bonchev–Trinajstić information content (AvgIpc) is 2.99. The van der Waals surface area contributed by atoms with Crippen LogP contribution in [0, 0.1) is 0 Å². The fourth-order valence-electron chi connectivity index (χ4n) is 1.73. The maximum Gasteiger partial charge on any atom is 0.197 e. The Morgan fingerprint density at radius 3 is 2.89 bits per heavy atom. The molecule has 1 unspecified atom stereocenters. The van der Waals surface area contributed by atoms with Crippen LogP contribution in [0.2, 0.25) is 0 Å². The molecule has 0 amide bonds. The topological polar surface area (TPSA) is 88.8 Å². The summed E-state index contributed by atoms with van der Waals surface area (Å²) < 4.78 is 9.85. The molecule has 4 N–H and O–H groups in total. The van der Waals surface area contributed by atoms with Gasteiger partial charge in [-0.2, -0.15) is 4.37 Å². The van der Waals surface area contributed by atoms with E-state index >= 15 is 0 Å². The van der Waals surface area contributed by atoms with Crippen molar-refractivity contribution in [3.63, 3.8) is 0 Å². The number of rotatable bonds is 6. The summed E-state index contributed by atoms with van der Waals surface area (Å²) in [4.78, 5) is 7.39. The minimum absolute atomic E-state index is 0.0583. The highest BCUT2D eigenvalue weighted by Crippen LogP contribution is 2.38. The molecule has 2 heterocycles. The molecule has 2 rings (SSSR count). The van der Waals surface area contributed by atoms with Crippen molar-refractivity contribution in [3.8, 4) is 5.75 Å². The highest BCUT2D eigenvalue weighted by molar-refractivity contribution is 7.11. The fraction of sp³-hybridized carbons (Fsp3) is 0.500. The second kappa shape index (κ2) is 5.92. The van der Waals surface area contributed by atoms with Gasteiger partial charge in [-0.25, -0.2) is 4.98 Å². The van der Waals surface area contributed by atoms with Gasteiger partial charge in [0.2, 0.25) is 0 Å². The summed E-state index contributed by atoms with van der Waals surface area (Å²) in [7, 11) is 0. The lowest BCUT2D eigenvalue weighted by atomic mass is 10.2. The average molecular weight is 281 g/mol.